The number of halogens is 1. The summed E-state index contributed by atoms with van der Waals surface area (Å²) in [6, 6.07) is 3.05. The van der Waals surface area contributed by atoms with Gasteiger partial charge in [-0.05, 0) is 90.9 Å². The molecule has 2 N–H and O–H groups in total. The Morgan fingerprint density at radius 3 is 2.83 bits per heavy atom. The number of thioether (sulfide) groups is 1. The van der Waals surface area contributed by atoms with Crippen LogP contribution in [-0.2, 0) is 11.2 Å². The molecule has 192 valence electrons. The fraction of sp³-hybridized carbons (Fsp3) is 0.607. The summed E-state index contributed by atoms with van der Waals surface area (Å²) in [5.41, 5.74) is 3.93. The number of aliphatic hydroxyl groups excluding tert-OH is 2. The van der Waals surface area contributed by atoms with Crippen LogP contribution in [0.15, 0.2) is 30.1 Å². The summed E-state index contributed by atoms with van der Waals surface area (Å²) in [6.45, 7) is 4.57. The van der Waals surface area contributed by atoms with Crippen LogP contribution < -0.4 is 0 Å². The van der Waals surface area contributed by atoms with E-state index in [1.807, 2.05) is 10.9 Å². The van der Waals surface area contributed by atoms with Gasteiger partial charge in [0, 0.05) is 11.7 Å². The molecule has 6 rings (SSSR count). The quantitative estimate of drug-likeness (QED) is 0.591. The average molecular weight is 512 g/mol. The molecule has 0 bridgehead atoms. The van der Waals surface area contributed by atoms with Gasteiger partial charge in [0.1, 0.15) is 0 Å². The molecule has 0 radical (unpaired) electrons. The zero-order valence-corrected chi connectivity index (χ0v) is 21.7. The Kier molecular flexibility index (Phi) is 5.93. The second-order valence-electron chi connectivity index (χ2n) is 11.7. The largest absolute Gasteiger partial charge is 0.396 e. The van der Waals surface area contributed by atoms with Crippen molar-refractivity contribution in [3.63, 3.8) is 0 Å². The van der Waals surface area contributed by atoms with Crippen molar-refractivity contribution in [3.05, 3.63) is 47.3 Å². The molecule has 0 aliphatic heterocycles. The molecule has 0 aromatic carbocycles. The van der Waals surface area contributed by atoms with Crippen LogP contribution in [0.4, 0.5) is 4.39 Å². The lowest BCUT2D eigenvalue weighted by Gasteiger charge is -2.59. The van der Waals surface area contributed by atoms with E-state index in [1.165, 1.54) is 29.6 Å². The minimum Gasteiger partial charge on any atom is -0.396 e. The van der Waals surface area contributed by atoms with Gasteiger partial charge in [-0.3, -0.25) is 4.79 Å². The number of rotatable bonds is 4. The molecule has 7 atom stereocenters. The van der Waals surface area contributed by atoms with Gasteiger partial charge in [-0.1, -0.05) is 31.2 Å². The number of pyridine rings is 1. The maximum absolute atomic E-state index is 13.4. The molecule has 4 aliphatic carbocycles. The second-order valence-corrected chi connectivity index (χ2v) is 12.8. The number of aromatic nitrogens is 3. The van der Waals surface area contributed by atoms with E-state index in [0.29, 0.717) is 24.0 Å². The van der Waals surface area contributed by atoms with Gasteiger partial charge in [0.25, 0.3) is 0 Å². The minimum atomic E-state index is -0.509. The highest BCUT2D eigenvalue weighted by atomic mass is 32.2. The van der Waals surface area contributed by atoms with Gasteiger partial charge in [-0.15, -0.1) is 0 Å². The molecule has 8 heteroatoms. The topological polar surface area (TPSA) is 88.2 Å². The number of fused-ring (bicyclic) bond motifs is 6. The molecule has 0 amide bonds. The van der Waals surface area contributed by atoms with Crippen molar-refractivity contribution in [2.75, 3.05) is 12.4 Å². The molecule has 0 spiro atoms. The average Bonchev–Trinajstić information content (AvgIpc) is 3.40. The molecule has 36 heavy (non-hydrogen) atoms. The van der Waals surface area contributed by atoms with Gasteiger partial charge in [0.05, 0.1) is 36.5 Å². The SMILES string of the molecule is CC12Cc3cnn(-c4ccc(F)nc4)c3C=C1CCC1C2C(O)CC2(C)C(C(=O)SCCO)CCC12. The molecule has 0 saturated heterocycles. The van der Waals surface area contributed by atoms with Crippen molar-refractivity contribution in [3.8, 4) is 5.69 Å². The number of allylic oxidation sites excluding steroid dienone is 1. The first-order chi connectivity index (χ1) is 17.3. The molecule has 3 fully saturated rings. The second kappa shape index (κ2) is 8.77. The van der Waals surface area contributed by atoms with Crippen LogP contribution in [0.1, 0.15) is 57.2 Å². The standard InChI is InChI=1S/C28H34FN3O3S/c1-27-12-16-14-31-32(18-4-8-24(29)30-15-18)22(16)11-17(27)3-5-19-20-6-7-21(26(35)36-10-9-33)28(20,2)13-23(34)25(19)27/h4,8,11,14-15,19-21,23,25,33-34H,3,5-7,9-10,12-13H2,1-2H3. The summed E-state index contributed by atoms with van der Waals surface area (Å²) in [4.78, 5) is 16.8. The van der Waals surface area contributed by atoms with E-state index >= 15 is 0 Å². The van der Waals surface area contributed by atoms with Crippen LogP contribution in [0, 0.1) is 40.4 Å². The predicted octanol–water partition coefficient (Wildman–Crippen LogP) is 4.43. The third-order valence-electron chi connectivity index (χ3n) is 10.00. The molecule has 2 aromatic rings. The van der Waals surface area contributed by atoms with Gasteiger partial charge in [-0.25, -0.2) is 9.67 Å². The Hall–Kier alpha value is -2.03. The van der Waals surface area contributed by atoms with Crippen molar-refractivity contribution >= 4 is 23.0 Å². The van der Waals surface area contributed by atoms with Crippen LogP contribution in [0.5, 0.6) is 0 Å². The Bertz CT molecular complexity index is 1210. The van der Waals surface area contributed by atoms with Gasteiger partial charge >= 0.3 is 0 Å². The summed E-state index contributed by atoms with van der Waals surface area (Å²) >= 11 is 1.26. The number of carbonyl (C=O) groups is 1. The highest BCUT2D eigenvalue weighted by Crippen LogP contribution is 2.67. The van der Waals surface area contributed by atoms with Crippen molar-refractivity contribution in [2.45, 2.75) is 58.5 Å². The highest BCUT2D eigenvalue weighted by Gasteiger charge is 2.63. The lowest BCUT2D eigenvalue weighted by atomic mass is 9.46. The third kappa shape index (κ3) is 3.55. The van der Waals surface area contributed by atoms with E-state index in [2.05, 4.69) is 30.0 Å². The van der Waals surface area contributed by atoms with Crippen molar-refractivity contribution in [2.24, 2.45) is 34.5 Å². The molecular weight excluding hydrogens is 477 g/mol. The van der Waals surface area contributed by atoms with Crippen LogP contribution in [-0.4, -0.2) is 48.6 Å². The number of aliphatic hydroxyl groups is 2. The van der Waals surface area contributed by atoms with Gasteiger partial charge < -0.3 is 10.2 Å². The van der Waals surface area contributed by atoms with Crippen LogP contribution in [0.25, 0.3) is 11.8 Å². The smallest absolute Gasteiger partial charge is 0.212 e. The Balaban J connectivity index is 1.31. The third-order valence-corrected chi connectivity index (χ3v) is 11.0. The number of nitrogens with zero attached hydrogens (tertiary/aromatic N) is 3. The van der Waals surface area contributed by atoms with Gasteiger partial charge in [-0.2, -0.15) is 9.49 Å². The zero-order valence-electron chi connectivity index (χ0n) is 20.9. The van der Waals surface area contributed by atoms with Crippen molar-refractivity contribution in [1.29, 1.82) is 0 Å². The minimum absolute atomic E-state index is 0.0142. The molecular formula is C28H34FN3O3S. The van der Waals surface area contributed by atoms with Crippen LogP contribution >= 0.6 is 11.8 Å². The maximum Gasteiger partial charge on any atom is 0.212 e. The van der Waals surface area contributed by atoms with E-state index in [0.717, 1.165) is 49.0 Å². The summed E-state index contributed by atoms with van der Waals surface area (Å²) in [6.07, 6.45) is 10.6. The first kappa shape index (κ1) is 24.3. The fourth-order valence-electron chi connectivity index (χ4n) is 8.52. The molecule has 2 aromatic heterocycles. The zero-order chi connectivity index (χ0) is 25.2. The van der Waals surface area contributed by atoms with E-state index in [1.54, 1.807) is 6.07 Å². The number of hydrogen-bond donors (Lipinski definition) is 2. The first-order valence-corrected chi connectivity index (χ1v) is 14.1. The Morgan fingerprint density at radius 2 is 2.08 bits per heavy atom. The van der Waals surface area contributed by atoms with Crippen LogP contribution in [0.2, 0.25) is 0 Å². The van der Waals surface area contributed by atoms with Crippen molar-refractivity contribution in [1.82, 2.24) is 14.8 Å². The molecule has 7 unspecified atom stereocenters. The maximum atomic E-state index is 13.4. The predicted molar refractivity (Wildman–Crippen MR) is 137 cm³/mol. The summed E-state index contributed by atoms with van der Waals surface area (Å²) in [5.74, 6) is 0.867. The monoisotopic (exact) mass is 511 g/mol. The van der Waals surface area contributed by atoms with Crippen LogP contribution in [0.3, 0.4) is 0 Å². The number of hydrogen-bond acceptors (Lipinski definition) is 6. The lowest BCUT2D eigenvalue weighted by molar-refractivity contribution is -0.136. The first-order valence-electron chi connectivity index (χ1n) is 13.1. The Morgan fingerprint density at radius 1 is 1.25 bits per heavy atom. The normalized spacial score (nSPS) is 36.9. The lowest BCUT2D eigenvalue weighted by Crippen LogP contribution is -2.57. The van der Waals surface area contributed by atoms with Gasteiger partial charge in [0.2, 0.25) is 5.95 Å². The fourth-order valence-corrected chi connectivity index (χ4v) is 9.40. The van der Waals surface area contributed by atoms with E-state index in [4.69, 9.17) is 0 Å². The highest BCUT2D eigenvalue weighted by molar-refractivity contribution is 8.13. The molecule has 3 saturated carbocycles. The summed E-state index contributed by atoms with van der Waals surface area (Å²) in [7, 11) is 0. The van der Waals surface area contributed by atoms with Gasteiger partial charge in [0.15, 0.2) is 5.12 Å². The van der Waals surface area contributed by atoms with E-state index in [-0.39, 0.29) is 34.4 Å². The van der Waals surface area contributed by atoms with E-state index < -0.39 is 12.1 Å². The number of carbonyl (C=O) groups excluding carboxylic acids is 1. The molecule has 2 heterocycles. The molecule has 6 nitrogen and oxygen atoms in total. The van der Waals surface area contributed by atoms with Crippen molar-refractivity contribution < 1.29 is 19.4 Å². The summed E-state index contributed by atoms with van der Waals surface area (Å²) in [5, 5.41) is 25.7. The molecule has 4 aliphatic rings. The van der Waals surface area contributed by atoms with E-state index in [9.17, 15) is 19.4 Å². The summed E-state index contributed by atoms with van der Waals surface area (Å²) < 4.78 is 15.2. The Labute approximate surface area is 215 Å².